The Bertz CT molecular complexity index is 1050. The molecule has 3 aromatic heterocycles. The van der Waals surface area contributed by atoms with Gasteiger partial charge in [0.2, 0.25) is 0 Å². The van der Waals surface area contributed by atoms with Crippen LogP contribution in [-0.4, -0.2) is 45.1 Å². The van der Waals surface area contributed by atoms with Crippen molar-refractivity contribution in [1.82, 2.24) is 25.3 Å². The molecule has 2 bridgehead atoms. The van der Waals surface area contributed by atoms with Gasteiger partial charge in [-0.1, -0.05) is 23.4 Å². The second kappa shape index (κ2) is 7.59. The maximum Gasteiger partial charge on any atom is 0.179 e. The third kappa shape index (κ3) is 3.49. The van der Waals surface area contributed by atoms with Crippen molar-refractivity contribution in [1.29, 1.82) is 0 Å². The first-order valence-electron chi connectivity index (χ1n) is 9.79. The fraction of sp³-hybridized carbons (Fsp3) is 0.400. The SMILES string of the molecule is CNC1C[C@H]2CC[C@@H](C1)N2c1cnc2nc(Sc3ccnc(N)c3Cl)ccc2n1. The number of piperidine rings is 1. The number of hydrogen-bond donors (Lipinski definition) is 2. The summed E-state index contributed by atoms with van der Waals surface area (Å²) in [6.07, 6.45) is 8.29. The van der Waals surface area contributed by atoms with Crippen molar-refractivity contribution in [3.05, 3.63) is 35.6 Å². The molecule has 2 fully saturated rings. The number of nitrogen functional groups attached to an aromatic ring is 1. The lowest BCUT2D eigenvalue weighted by molar-refractivity contribution is 0.372. The molecular weight excluding hydrogens is 406 g/mol. The number of hydrogen-bond acceptors (Lipinski definition) is 8. The summed E-state index contributed by atoms with van der Waals surface area (Å²) in [7, 11) is 2.06. The minimum Gasteiger partial charge on any atom is -0.382 e. The van der Waals surface area contributed by atoms with E-state index in [2.05, 4.69) is 32.2 Å². The monoisotopic (exact) mass is 427 g/mol. The lowest BCUT2D eigenvalue weighted by atomic mass is 9.97. The minimum absolute atomic E-state index is 0.318. The number of aromatic nitrogens is 4. The van der Waals surface area contributed by atoms with Gasteiger partial charge < -0.3 is 16.0 Å². The molecule has 0 amide bonds. The molecule has 2 aliphatic rings. The summed E-state index contributed by atoms with van der Waals surface area (Å²) in [5, 5.41) is 4.68. The van der Waals surface area contributed by atoms with E-state index in [4.69, 9.17) is 22.3 Å². The Morgan fingerprint density at radius 3 is 2.69 bits per heavy atom. The van der Waals surface area contributed by atoms with Crippen molar-refractivity contribution in [3.8, 4) is 0 Å². The lowest BCUT2D eigenvalue weighted by Crippen LogP contribution is -2.48. The van der Waals surface area contributed by atoms with Crippen LogP contribution in [0.5, 0.6) is 0 Å². The summed E-state index contributed by atoms with van der Waals surface area (Å²) in [5.41, 5.74) is 7.23. The van der Waals surface area contributed by atoms with Crippen LogP contribution < -0.4 is 16.0 Å². The molecule has 7 nitrogen and oxygen atoms in total. The van der Waals surface area contributed by atoms with Gasteiger partial charge in [0, 0.05) is 29.2 Å². The van der Waals surface area contributed by atoms with Crippen molar-refractivity contribution >= 4 is 46.2 Å². The molecule has 150 valence electrons. The Balaban J connectivity index is 1.41. The summed E-state index contributed by atoms with van der Waals surface area (Å²) in [6, 6.07) is 7.43. The molecule has 5 heterocycles. The van der Waals surface area contributed by atoms with Crippen molar-refractivity contribution in [3.63, 3.8) is 0 Å². The van der Waals surface area contributed by atoms with Crippen LogP contribution in [0.3, 0.4) is 0 Å². The molecular formula is C20H22ClN7S. The second-order valence-electron chi connectivity index (χ2n) is 7.58. The van der Waals surface area contributed by atoms with Gasteiger partial charge in [-0.25, -0.2) is 19.9 Å². The predicted molar refractivity (Wildman–Crippen MR) is 116 cm³/mol. The first kappa shape index (κ1) is 18.8. The topological polar surface area (TPSA) is 92.8 Å². The average molecular weight is 428 g/mol. The number of nitrogens with two attached hydrogens (primary N) is 1. The van der Waals surface area contributed by atoms with E-state index in [1.54, 1.807) is 6.20 Å². The number of rotatable bonds is 4. The Morgan fingerprint density at radius 2 is 1.93 bits per heavy atom. The van der Waals surface area contributed by atoms with Crippen LogP contribution in [0.1, 0.15) is 25.7 Å². The normalized spacial score (nSPS) is 23.7. The van der Waals surface area contributed by atoms with Gasteiger partial charge in [0.25, 0.3) is 0 Å². The summed E-state index contributed by atoms with van der Waals surface area (Å²) in [5.74, 6) is 1.28. The van der Waals surface area contributed by atoms with E-state index in [9.17, 15) is 0 Å². The zero-order valence-electron chi connectivity index (χ0n) is 16.0. The highest BCUT2D eigenvalue weighted by atomic mass is 35.5. The summed E-state index contributed by atoms with van der Waals surface area (Å²) in [6.45, 7) is 0. The van der Waals surface area contributed by atoms with Gasteiger partial charge in [0.05, 0.1) is 11.2 Å². The number of nitrogens with one attached hydrogen (secondary N) is 1. The molecule has 0 aliphatic carbocycles. The Morgan fingerprint density at radius 1 is 1.14 bits per heavy atom. The molecule has 3 aromatic rings. The standard InChI is InChI=1S/C20H22ClN7S/c1-23-11-8-12-2-3-13(9-11)28(12)16-10-25-20-14(26-16)4-5-17(27-20)29-15-6-7-24-19(22)18(15)21/h4-7,10-13,23H,2-3,8-9H2,1H3,(H2,22,24)/t11?,12-,13+. The van der Waals surface area contributed by atoms with Crippen LogP contribution in [0.25, 0.3) is 11.2 Å². The van der Waals surface area contributed by atoms with Gasteiger partial charge in [0.1, 0.15) is 22.2 Å². The molecule has 5 rings (SSSR count). The fourth-order valence-corrected chi connectivity index (χ4v) is 5.52. The van der Waals surface area contributed by atoms with E-state index >= 15 is 0 Å². The molecule has 3 N–H and O–H groups in total. The summed E-state index contributed by atoms with van der Waals surface area (Å²) >= 11 is 7.69. The van der Waals surface area contributed by atoms with Crippen LogP contribution in [0, 0.1) is 0 Å². The van der Waals surface area contributed by atoms with Gasteiger partial charge in [-0.2, -0.15) is 0 Å². The largest absolute Gasteiger partial charge is 0.382 e. The smallest absolute Gasteiger partial charge is 0.179 e. The third-order valence-electron chi connectivity index (χ3n) is 5.87. The molecule has 0 aromatic carbocycles. The lowest BCUT2D eigenvalue weighted by Gasteiger charge is -2.39. The van der Waals surface area contributed by atoms with E-state index < -0.39 is 0 Å². The number of anilines is 2. The third-order valence-corrected chi connectivity index (χ3v) is 7.37. The van der Waals surface area contributed by atoms with Crippen LogP contribution >= 0.6 is 23.4 Å². The maximum absolute atomic E-state index is 6.25. The van der Waals surface area contributed by atoms with E-state index in [-0.39, 0.29) is 0 Å². The van der Waals surface area contributed by atoms with Crippen molar-refractivity contribution in [2.45, 2.75) is 53.7 Å². The van der Waals surface area contributed by atoms with E-state index in [0.717, 1.165) is 34.1 Å². The van der Waals surface area contributed by atoms with Crippen molar-refractivity contribution < 1.29 is 0 Å². The van der Waals surface area contributed by atoms with Gasteiger partial charge >= 0.3 is 0 Å². The first-order chi connectivity index (χ1) is 14.1. The number of halogens is 1. The van der Waals surface area contributed by atoms with Crippen LogP contribution in [0.15, 0.2) is 40.5 Å². The highest BCUT2D eigenvalue weighted by Gasteiger charge is 2.41. The zero-order valence-corrected chi connectivity index (χ0v) is 17.6. The molecule has 0 radical (unpaired) electrons. The van der Waals surface area contributed by atoms with Crippen LogP contribution in [0.2, 0.25) is 5.02 Å². The predicted octanol–water partition coefficient (Wildman–Crippen LogP) is 3.53. The maximum atomic E-state index is 6.25. The van der Waals surface area contributed by atoms with Crippen LogP contribution in [0.4, 0.5) is 11.6 Å². The molecule has 2 aliphatic heterocycles. The second-order valence-corrected chi connectivity index (χ2v) is 9.02. The molecule has 9 heteroatoms. The summed E-state index contributed by atoms with van der Waals surface area (Å²) in [4.78, 5) is 21.4. The number of fused-ring (bicyclic) bond motifs is 3. The van der Waals surface area contributed by atoms with Gasteiger partial charge in [0.15, 0.2) is 5.65 Å². The van der Waals surface area contributed by atoms with E-state index in [0.29, 0.717) is 34.6 Å². The fourth-order valence-electron chi connectivity index (χ4n) is 4.48. The van der Waals surface area contributed by atoms with Gasteiger partial charge in [-0.15, -0.1) is 0 Å². The minimum atomic E-state index is 0.318. The highest BCUT2D eigenvalue weighted by Crippen LogP contribution is 2.39. The molecule has 0 saturated carbocycles. The quantitative estimate of drug-likeness (QED) is 0.653. The van der Waals surface area contributed by atoms with Gasteiger partial charge in [-0.3, -0.25) is 0 Å². The Kier molecular flexibility index (Phi) is 4.93. The molecule has 2 saturated heterocycles. The zero-order chi connectivity index (χ0) is 20.0. The highest BCUT2D eigenvalue weighted by molar-refractivity contribution is 7.99. The van der Waals surface area contributed by atoms with Crippen molar-refractivity contribution in [2.75, 3.05) is 17.7 Å². The Labute approximate surface area is 178 Å². The first-order valence-corrected chi connectivity index (χ1v) is 11.0. The van der Waals surface area contributed by atoms with Gasteiger partial charge in [-0.05, 0) is 50.9 Å². The molecule has 3 atom stereocenters. The van der Waals surface area contributed by atoms with Crippen molar-refractivity contribution in [2.24, 2.45) is 0 Å². The number of pyridine rings is 2. The molecule has 1 unspecified atom stereocenters. The molecule has 0 spiro atoms. The van der Waals surface area contributed by atoms with E-state index in [1.807, 2.05) is 24.4 Å². The van der Waals surface area contributed by atoms with Crippen LogP contribution in [-0.2, 0) is 0 Å². The molecule has 29 heavy (non-hydrogen) atoms. The Hall–Kier alpha value is -2.16. The summed E-state index contributed by atoms with van der Waals surface area (Å²) < 4.78 is 0. The van der Waals surface area contributed by atoms with E-state index in [1.165, 1.54) is 24.6 Å². The average Bonchev–Trinajstić information content (AvgIpc) is 3.00. The number of nitrogens with zero attached hydrogens (tertiary/aromatic N) is 5.